The van der Waals surface area contributed by atoms with Crippen LogP contribution in [-0.2, 0) is 9.53 Å². The van der Waals surface area contributed by atoms with Crippen molar-refractivity contribution < 1.29 is 23.8 Å². The molecule has 2 aliphatic carbocycles. The van der Waals surface area contributed by atoms with E-state index in [1.54, 1.807) is 0 Å². The number of halogens is 1. The van der Waals surface area contributed by atoms with E-state index < -0.39 is 5.97 Å². The van der Waals surface area contributed by atoms with Gasteiger partial charge in [0, 0.05) is 6.04 Å². The van der Waals surface area contributed by atoms with Gasteiger partial charge < -0.3 is 19.5 Å². The van der Waals surface area contributed by atoms with E-state index in [2.05, 4.69) is 5.32 Å². The molecule has 29 heavy (non-hydrogen) atoms. The monoisotopic (exact) mass is 423 g/mol. The Hall–Kier alpha value is -1.95. The van der Waals surface area contributed by atoms with Gasteiger partial charge in [0.25, 0.3) is 5.91 Å². The van der Waals surface area contributed by atoms with Crippen molar-refractivity contribution in [3.63, 3.8) is 0 Å². The summed E-state index contributed by atoms with van der Waals surface area (Å²) in [6, 6.07) is 3.06. The molecule has 2 aliphatic rings. The first kappa shape index (κ1) is 21.8. The summed E-state index contributed by atoms with van der Waals surface area (Å²) in [7, 11) is 1.47. The lowest BCUT2D eigenvalue weighted by atomic mass is 9.84. The van der Waals surface area contributed by atoms with Gasteiger partial charge >= 0.3 is 5.97 Å². The fourth-order valence-corrected chi connectivity index (χ4v) is 4.97. The van der Waals surface area contributed by atoms with Gasteiger partial charge in [-0.3, -0.25) is 4.79 Å². The molecule has 7 heteroatoms. The number of esters is 1. The van der Waals surface area contributed by atoms with Crippen LogP contribution < -0.4 is 14.8 Å². The normalized spacial score (nSPS) is 23.7. The molecular formula is C22H30ClNO5. The first-order valence-electron chi connectivity index (χ1n) is 10.3. The lowest BCUT2D eigenvalue weighted by Gasteiger charge is -2.28. The number of carbonyl (C=O) groups excluding carboxylic acids is 2. The maximum atomic E-state index is 12.4. The molecule has 4 atom stereocenters. The van der Waals surface area contributed by atoms with Crippen molar-refractivity contribution in [1.82, 2.24) is 5.32 Å². The van der Waals surface area contributed by atoms with Crippen LogP contribution in [0.25, 0.3) is 0 Å². The van der Waals surface area contributed by atoms with Gasteiger partial charge in [-0.1, -0.05) is 18.0 Å². The fraction of sp³-hybridized carbons (Fsp3) is 0.636. The number of nitrogens with one attached hydrogen (secondary N) is 1. The summed E-state index contributed by atoms with van der Waals surface area (Å²) in [5.41, 5.74) is 0.205. The first-order valence-corrected chi connectivity index (χ1v) is 10.7. The lowest BCUT2D eigenvalue weighted by Crippen LogP contribution is -2.42. The Morgan fingerprint density at radius 1 is 1.21 bits per heavy atom. The van der Waals surface area contributed by atoms with Crippen molar-refractivity contribution in [3.05, 3.63) is 22.7 Å². The van der Waals surface area contributed by atoms with E-state index in [0.29, 0.717) is 17.4 Å². The van der Waals surface area contributed by atoms with E-state index in [1.807, 2.05) is 20.8 Å². The average molecular weight is 424 g/mol. The highest BCUT2D eigenvalue weighted by Gasteiger charge is 2.42. The number of ether oxygens (including phenoxy) is 3. The second kappa shape index (κ2) is 9.24. The molecule has 2 saturated carbocycles. The van der Waals surface area contributed by atoms with Gasteiger partial charge in [0.05, 0.1) is 23.8 Å². The molecule has 0 heterocycles. The molecule has 0 spiro atoms. The van der Waals surface area contributed by atoms with Gasteiger partial charge in [0.2, 0.25) is 0 Å². The SMILES string of the molecule is COc1cc(C(=O)OCC(=O)NC(C)C2CC3CCC2C3)cc(Cl)c1OC(C)C. The van der Waals surface area contributed by atoms with Crippen molar-refractivity contribution in [2.75, 3.05) is 13.7 Å². The molecule has 0 aromatic heterocycles. The van der Waals surface area contributed by atoms with E-state index in [4.69, 9.17) is 25.8 Å². The zero-order valence-electron chi connectivity index (χ0n) is 17.5. The Morgan fingerprint density at radius 2 is 1.97 bits per heavy atom. The maximum absolute atomic E-state index is 12.4. The number of hydrogen-bond acceptors (Lipinski definition) is 5. The predicted octanol–water partition coefficient (Wildman–Crippen LogP) is 4.23. The third-order valence-electron chi connectivity index (χ3n) is 5.98. The molecule has 2 bridgehead atoms. The second-order valence-corrected chi connectivity index (χ2v) is 8.83. The third kappa shape index (κ3) is 5.16. The van der Waals surface area contributed by atoms with Gasteiger partial charge in [0.15, 0.2) is 18.1 Å². The number of methoxy groups -OCH3 is 1. The molecule has 0 radical (unpaired) electrons. The summed E-state index contributed by atoms with van der Waals surface area (Å²) in [6.07, 6.45) is 4.98. The Bertz CT molecular complexity index is 766. The van der Waals surface area contributed by atoms with Crippen LogP contribution in [-0.4, -0.2) is 37.7 Å². The molecule has 0 saturated heterocycles. The number of amides is 1. The number of carbonyl (C=O) groups is 2. The minimum absolute atomic E-state index is 0.0958. The Morgan fingerprint density at radius 3 is 2.55 bits per heavy atom. The summed E-state index contributed by atoms with van der Waals surface area (Å²) in [4.78, 5) is 24.7. The molecule has 1 aromatic carbocycles. The van der Waals surface area contributed by atoms with Crippen LogP contribution in [0.3, 0.4) is 0 Å². The van der Waals surface area contributed by atoms with Crippen LogP contribution >= 0.6 is 11.6 Å². The smallest absolute Gasteiger partial charge is 0.338 e. The van der Waals surface area contributed by atoms with Crippen molar-refractivity contribution in [1.29, 1.82) is 0 Å². The van der Waals surface area contributed by atoms with Crippen molar-refractivity contribution in [2.45, 2.75) is 58.6 Å². The molecule has 3 rings (SSSR count). The van der Waals surface area contributed by atoms with Gasteiger partial charge in [-0.15, -0.1) is 0 Å². The molecule has 4 unspecified atom stereocenters. The van der Waals surface area contributed by atoms with E-state index in [9.17, 15) is 9.59 Å². The Balaban J connectivity index is 1.54. The average Bonchev–Trinajstić information content (AvgIpc) is 3.30. The Kier molecular flexibility index (Phi) is 6.93. The minimum Gasteiger partial charge on any atom is -0.493 e. The van der Waals surface area contributed by atoms with E-state index in [0.717, 1.165) is 11.8 Å². The molecule has 0 aliphatic heterocycles. The summed E-state index contributed by atoms with van der Waals surface area (Å²) >= 11 is 6.24. The fourth-order valence-electron chi connectivity index (χ4n) is 4.71. The first-order chi connectivity index (χ1) is 13.8. The standard InChI is InChI=1S/C22H30ClNO5/c1-12(2)29-21-18(23)9-16(10-19(21)27-4)22(26)28-11-20(25)24-13(3)17-8-14-5-6-15(17)7-14/h9-10,12-15,17H,5-8,11H2,1-4H3,(H,24,25). The van der Waals surface area contributed by atoms with Gasteiger partial charge in [0.1, 0.15) is 0 Å². The van der Waals surface area contributed by atoms with Crippen molar-refractivity contribution >= 4 is 23.5 Å². The second-order valence-electron chi connectivity index (χ2n) is 8.43. The van der Waals surface area contributed by atoms with Crippen LogP contribution in [0.4, 0.5) is 0 Å². The summed E-state index contributed by atoms with van der Waals surface area (Å²) in [5, 5.41) is 3.24. The quantitative estimate of drug-likeness (QED) is 0.633. The van der Waals surface area contributed by atoms with Crippen LogP contribution in [0.2, 0.25) is 5.02 Å². The molecule has 6 nitrogen and oxygen atoms in total. The van der Waals surface area contributed by atoms with Crippen molar-refractivity contribution in [3.8, 4) is 11.5 Å². The van der Waals surface area contributed by atoms with E-state index in [-0.39, 0.29) is 35.2 Å². The molecule has 1 aromatic rings. The van der Waals surface area contributed by atoms with Crippen molar-refractivity contribution in [2.24, 2.45) is 17.8 Å². The minimum atomic E-state index is -0.635. The summed E-state index contributed by atoms with van der Waals surface area (Å²) in [6.45, 7) is 5.46. The maximum Gasteiger partial charge on any atom is 0.338 e. The zero-order valence-corrected chi connectivity index (χ0v) is 18.3. The number of hydrogen-bond donors (Lipinski definition) is 1. The van der Waals surface area contributed by atoms with Gasteiger partial charge in [-0.25, -0.2) is 4.79 Å². The van der Waals surface area contributed by atoms with Crippen LogP contribution in [0.1, 0.15) is 56.8 Å². The molecule has 1 N–H and O–H groups in total. The molecule has 1 amide bonds. The topological polar surface area (TPSA) is 73.9 Å². The summed E-state index contributed by atoms with van der Waals surface area (Å²) < 4.78 is 16.1. The number of rotatable bonds is 8. The molecule has 2 fully saturated rings. The highest BCUT2D eigenvalue weighted by Crippen LogP contribution is 2.49. The van der Waals surface area contributed by atoms with Crippen LogP contribution in [0.15, 0.2) is 12.1 Å². The highest BCUT2D eigenvalue weighted by molar-refractivity contribution is 6.32. The Labute approximate surface area is 177 Å². The number of benzene rings is 1. The van der Waals surface area contributed by atoms with Gasteiger partial charge in [-0.05, 0) is 69.9 Å². The summed E-state index contributed by atoms with van der Waals surface area (Å²) in [5.74, 6) is 1.87. The zero-order chi connectivity index (χ0) is 21.1. The van der Waals surface area contributed by atoms with E-state index in [1.165, 1.54) is 44.9 Å². The largest absolute Gasteiger partial charge is 0.493 e. The predicted molar refractivity (Wildman–Crippen MR) is 111 cm³/mol. The highest BCUT2D eigenvalue weighted by atomic mass is 35.5. The molecular weight excluding hydrogens is 394 g/mol. The molecule has 160 valence electrons. The number of fused-ring (bicyclic) bond motifs is 2. The van der Waals surface area contributed by atoms with E-state index >= 15 is 0 Å². The third-order valence-corrected chi connectivity index (χ3v) is 6.26. The lowest BCUT2D eigenvalue weighted by molar-refractivity contribution is -0.125. The van der Waals surface area contributed by atoms with Crippen LogP contribution in [0, 0.1) is 17.8 Å². The van der Waals surface area contributed by atoms with Gasteiger partial charge in [-0.2, -0.15) is 0 Å². The van der Waals surface area contributed by atoms with Crippen LogP contribution in [0.5, 0.6) is 11.5 Å².